The summed E-state index contributed by atoms with van der Waals surface area (Å²) < 4.78 is 5.63. The zero-order valence-electron chi connectivity index (χ0n) is 14.0. The van der Waals surface area contributed by atoms with Gasteiger partial charge in [-0.1, -0.05) is 0 Å². The third-order valence-corrected chi connectivity index (χ3v) is 4.42. The average Bonchev–Trinajstić information content (AvgIpc) is 2.77. The van der Waals surface area contributed by atoms with E-state index in [2.05, 4.69) is 0 Å². The van der Waals surface area contributed by atoms with Gasteiger partial charge in [-0.3, -0.25) is 19.4 Å². The summed E-state index contributed by atoms with van der Waals surface area (Å²) in [5.74, 6) is -0.897. The predicted octanol–water partition coefficient (Wildman–Crippen LogP) is -1.32. The maximum absolute atomic E-state index is 12.4. The zero-order chi connectivity index (χ0) is 17.1. The highest BCUT2D eigenvalue weighted by Crippen LogP contribution is 2.16. The number of carboxylic acid groups (broad SMARTS) is 1. The monoisotopic (exact) mass is 329 g/mol. The Labute approximate surface area is 136 Å². The molecule has 4 atom stereocenters. The molecule has 2 aliphatic heterocycles. The Hall–Kier alpha value is -1.22. The van der Waals surface area contributed by atoms with E-state index in [1.807, 2.05) is 18.7 Å². The second kappa shape index (κ2) is 7.57. The molecule has 1 amide bonds. The molecular weight excluding hydrogens is 302 g/mol. The van der Waals surface area contributed by atoms with Gasteiger partial charge in [0.25, 0.3) is 0 Å². The van der Waals surface area contributed by atoms with Crippen LogP contribution >= 0.6 is 0 Å². The second-order valence-corrected chi connectivity index (χ2v) is 6.69. The van der Waals surface area contributed by atoms with Gasteiger partial charge in [-0.05, 0) is 20.9 Å². The van der Waals surface area contributed by atoms with Crippen LogP contribution in [-0.2, 0) is 14.3 Å². The maximum Gasteiger partial charge on any atom is 0.317 e. The third kappa shape index (κ3) is 4.87. The van der Waals surface area contributed by atoms with Crippen molar-refractivity contribution in [3.05, 3.63) is 0 Å². The zero-order valence-corrected chi connectivity index (χ0v) is 14.0. The van der Waals surface area contributed by atoms with Crippen LogP contribution in [0.15, 0.2) is 0 Å². The lowest BCUT2D eigenvalue weighted by Crippen LogP contribution is -2.51. The van der Waals surface area contributed by atoms with Crippen LogP contribution in [0.25, 0.3) is 0 Å². The van der Waals surface area contributed by atoms with E-state index in [4.69, 9.17) is 9.84 Å². The first-order valence-electron chi connectivity index (χ1n) is 8.02. The largest absolute Gasteiger partial charge is 0.480 e. The van der Waals surface area contributed by atoms with Crippen molar-refractivity contribution in [2.75, 3.05) is 46.3 Å². The Morgan fingerprint density at radius 1 is 1.17 bits per heavy atom. The molecule has 0 aromatic heterocycles. The number of likely N-dealkylation sites (tertiary alicyclic amines) is 1. The minimum atomic E-state index is -0.925. The summed E-state index contributed by atoms with van der Waals surface area (Å²) in [6.07, 6.45) is -0.586. The summed E-state index contributed by atoms with van der Waals surface area (Å²) in [6, 6.07) is -0.263. The molecule has 0 radical (unpaired) electrons. The van der Waals surface area contributed by atoms with Crippen LogP contribution in [0.3, 0.4) is 0 Å². The summed E-state index contributed by atoms with van der Waals surface area (Å²) in [4.78, 5) is 28.6. The average molecular weight is 329 g/mol. The smallest absolute Gasteiger partial charge is 0.317 e. The topological polar surface area (TPSA) is 93.6 Å². The number of aliphatic carboxylic acids is 1. The van der Waals surface area contributed by atoms with Crippen molar-refractivity contribution in [1.29, 1.82) is 0 Å². The molecule has 2 saturated heterocycles. The van der Waals surface area contributed by atoms with Crippen molar-refractivity contribution >= 4 is 11.9 Å². The van der Waals surface area contributed by atoms with Gasteiger partial charge in [-0.2, -0.15) is 0 Å². The minimum Gasteiger partial charge on any atom is -0.480 e. The first-order chi connectivity index (χ1) is 10.8. The summed E-state index contributed by atoms with van der Waals surface area (Å²) in [5.41, 5.74) is 0. The van der Waals surface area contributed by atoms with Crippen molar-refractivity contribution in [3.8, 4) is 0 Å². The Bertz CT molecular complexity index is 437. The van der Waals surface area contributed by atoms with Gasteiger partial charge >= 0.3 is 5.97 Å². The van der Waals surface area contributed by atoms with Crippen molar-refractivity contribution in [2.24, 2.45) is 0 Å². The number of amides is 1. The number of aliphatic hydroxyl groups is 1. The van der Waals surface area contributed by atoms with E-state index in [1.165, 1.54) is 0 Å². The molecule has 0 bridgehead atoms. The summed E-state index contributed by atoms with van der Waals surface area (Å²) in [7, 11) is 1.68. The number of carboxylic acids is 1. The molecule has 2 rings (SSSR count). The molecule has 2 aliphatic rings. The second-order valence-electron chi connectivity index (χ2n) is 6.69. The molecular formula is C15H27N3O5. The van der Waals surface area contributed by atoms with E-state index in [1.54, 1.807) is 16.8 Å². The van der Waals surface area contributed by atoms with Crippen LogP contribution in [0.1, 0.15) is 13.8 Å². The van der Waals surface area contributed by atoms with Gasteiger partial charge in [0.05, 0.1) is 31.4 Å². The third-order valence-electron chi connectivity index (χ3n) is 4.42. The van der Waals surface area contributed by atoms with Crippen LogP contribution in [0.5, 0.6) is 0 Å². The maximum atomic E-state index is 12.4. The molecule has 0 aliphatic carbocycles. The number of carbonyl (C=O) groups is 2. The number of carbonyl (C=O) groups excluding carboxylic acids is 1. The molecule has 23 heavy (non-hydrogen) atoms. The molecule has 2 fully saturated rings. The fraction of sp³-hybridized carbons (Fsp3) is 0.867. The lowest BCUT2D eigenvalue weighted by Gasteiger charge is -2.36. The van der Waals surface area contributed by atoms with Gasteiger partial charge in [0.15, 0.2) is 0 Å². The van der Waals surface area contributed by atoms with Crippen LogP contribution in [0, 0.1) is 0 Å². The van der Waals surface area contributed by atoms with E-state index in [0.717, 1.165) is 0 Å². The number of hydrogen-bond donors (Lipinski definition) is 2. The molecule has 0 aromatic carbocycles. The SMILES string of the molecule is C[C@@H]1CN(C(=O)CN2C[C@@H](O)[C@H](N(C)CC(=O)O)C2)C[C@@H](C)O1. The molecule has 8 heteroatoms. The number of hydrogen-bond acceptors (Lipinski definition) is 6. The highest BCUT2D eigenvalue weighted by Gasteiger charge is 2.36. The Morgan fingerprint density at radius 2 is 1.78 bits per heavy atom. The lowest BCUT2D eigenvalue weighted by atomic mass is 10.2. The quantitative estimate of drug-likeness (QED) is 0.646. The summed E-state index contributed by atoms with van der Waals surface area (Å²) in [6.45, 7) is 6.07. The van der Waals surface area contributed by atoms with Gasteiger partial charge in [0.1, 0.15) is 0 Å². The number of β-amino-alcohol motifs (C(OH)–C–C–N with tert-alkyl or cyclic N) is 1. The minimum absolute atomic E-state index is 0.0285. The normalized spacial score (nSPS) is 32.5. The van der Waals surface area contributed by atoms with Crippen molar-refractivity contribution in [3.63, 3.8) is 0 Å². The number of morpholine rings is 1. The first kappa shape index (κ1) is 18.1. The number of aliphatic hydroxyl groups excluding tert-OH is 1. The van der Waals surface area contributed by atoms with E-state index in [9.17, 15) is 14.7 Å². The first-order valence-corrected chi connectivity index (χ1v) is 8.02. The molecule has 132 valence electrons. The van der Waals surface area contributed by atoms with Crippen molar-refractivity contribution in [2.45, 2.75) is 38.2 Å². The van der Waals surface area contributed by atoms with E-state index >= 15 is 0 Å². The molecule has 0 saturated carbocycles. The fourth-order valence-electron chi connectivity index (χ4n) is 3.41. The Kier molecular flexibility index (Phi) is 5.96. The highest BCUT2D eigenvalue weighted by molar-refractivity contribution is 5.78. The van der Waals surface area contributed by atoms with Gasteiger partial charge in [-0.25, -0.2) is 0 Å². The molecule has 0 spiro atoms. The van der Waals surface area contributed by atoms with Crippen LogP contribution in [0.4, 0.5) is 0 Å². The highest BCUT2D eigenvalue weighted by atomic mass is 16.5. The number of rotatable bonds is 5. The van der Waals surface area contributed by atoms with Crippen molar-refractivity contribution in [1.82, 2.24) is 14.7 Å². The van der Waals surface area contributed by atoms with Gasteiger partial charge in [-0.15, -0.1) is 0 Å². The van der Waals surface area contributed by atoms with Crippen LogP contribution < -0.4 is 0 Å². The Morgan fingerprint density at radius 3 is 2.35 bits per heavy atom. The molecule has 0 unspecified atom stereocenters. The van der Waals surface area contributed by atoms with Crippen LogP contribution in [0.2, 0.25) is 0 Å². The summed E-state index contributed by atoms with van der Waals surface area (Å²) in [5, 5.41) is 19.0. The molecule has 2 N–H and O–H groups in total. The van der Waals surface area contributed by atoms with Gasteiger partial charge in [0.2, 0.25) is 5.91 Å². The Balaban J connectivity index is 1.86. The standard InChI is InChI=1S/C15H27N3O5/c1-10-4-18(5-11(2)23-10)14(20)8-17-6-12(13(19)7-17)16(3)9-15(21)22/h10-13,19H,4-9H2,1-3H3,(H,21,22)/t10-,11-,12-,13-/m1/s1. The van der Waals surface area contributed by atoms with E-state index < -0.39 is 12.1 Å². The van der Waals surface area contributed by atoms with Crippen molar-refractivity contribution < 1.29 is 24.5 Å². The molecule has 8 nitrogen and oxygen atoms in total. The molecule has 0 aromatic rings. The number of nitrogens with zero attached hydrogens (tertiary/aromatic N) is 3. The molecule has 2 heterocycles. The predicted molar refractivity (Wildman–Crippen MR) is 83.1 cm³/mol. The number of likely N-dealkylation sites (N-methyl/N-ethyl adjacent to an activating group) is 1. The van der Waals surface area contributed by atoms with E-state index in [0.29, 0.717) is 26.2 Å². The van der Waals surface area contributed by atoms with Crippen LogP contribution in [-0.4, -0.2) is 107 Å². The van der Waals surface area contributed by atoms with E-state index in [-0.39, 0.29) is 37.2 Å². The fourth-order valence-corrected chi connectivity index (χ4v) is 3.41. The lowest BCUT2D eigenvalue weighted by molar-refractivity contribution is -0.144. The number of ether oxygens (including phenoxy) is 1. The summed E-state index contributed by atoms with van der Waals surface area (Å²) >= 11 is 0. The van der Waals surface area contributed by atoms with Gasteiger partial charge in [0, 0.05) is 32.2 Å². The van der Waals surface area contributed by atoms with Gasteiger partial charge < -0.3 is 19.8 Å².